The lowest BCUT2D eigenvalue weighted by molar-refractivity contribution is 0.576. The largest absolute Gasteiger partial charge is 0.331 e. The number of halogens is 1. The van der Waals surface area contributed by atoms with E-state index in [1.165, 1.54) is 4.57 Å². The molecule has 0 bridgehead atoms. The van der Waals surface area contributed by atoms with E-state index >= 15 is 0 Å². The Labute approximate surface area is 124 Å². The molecular weight excluding hydrogens is 320 g/mol. The summed E-state index contributed by atoms with van der Waals surface area (Å²) >= 11 is 3.37. The summed E-state index contributed by atoms with van der Waals surface area (Å²) in [5.41, 5.74) is 1.28. The van der Waals surface area contributed by atoms with Crippen molar-refractivity contribution in [2.75, 3.05) is 0 Å². The van der Waals surface area contributed by atoms with Gasteiger partial charge >= 0.3 is 5.69 Å². The second-order valence-corrected chi connectivity index (χ2v) is 6.14. The topological polar surface area (TPSA) is 44.0 Å². The van der Waals surface area contributed by atoms with Gasteiger partial charge in [-0.05, 0) is 37.5 Å². The zero-order valence-corrected chi connectivity index (χ0v) is 12.8. The summed E-state index contributed by atoms with van der Waals surface area (Å²) in [4.78, 5) is 24.5. The molecule has 0 N–H and O–H groups in total. The minimum absolute atomic E-state index is 0.194. The molecule has 1 aromatic carbocycles. The number of hydrogen-bond donors (Lipinski definition) is 0. The first-order valence-corrected chi connectivity index (χ1v) is 7.43. The van der Waals surface area contributed by atoms with Crippen molar-refractivity contribution in [3.63, 3.8) is 0 Å². The van der Waals surface area contributed by atoms with Crippen molar-refractivity contribution in [3.05, 3.63) is 66.9 Å². The summed E-state index contributed by atoms with van der Waals surface area (Å²) in [6, 6.07) is 9.48. The maximum atomic E-state index is 12.5. The van der Waals surface area contributed by atoms with E-state index < -0.39 is 0 Å². The predicted molar refractivity (Wildman–Crippen MR) is 81.2 cm³/mol. The van der Waals surface area contributed by atoms with Crippen molar-refractivity contribution in [1.82, 2.24) is 9.13 Å². The normalized spacial score (nSPS) is 14.5. The van der Waals surface area contributed by atoms with Gasteiger partial charge < -0.3 is 0 Å². The molecule has 20 heavy (non-hydrogen) atoms. The molecular formula is C15H15BrN2O2. The molecule has 1 saturated carbocycles. The molecule has 0 saturated heterocycles. The van der Waals surface area contributed by atoms with Gasteiger partial charge in [-0.25, -0.2) is 4.79 Å². The third-order valence-corrected chi connectivity index (χ3v) is 4.11. The maximum Gasteiger partial charge on any atom is 0.331 e. The number of aryl methyl sites for hydroxylation is 1. The highest BCUT2D eigenvalue weighted by molar-refractivity contribution is 9.10. The SMILES string of the molecule is Cc1cc(=O)n(Cc2ccc(Br)cc2)c(=O)n1C1CC1. The Balaban J connectivity index is 2.05. The van der Waals surface area contributed by atoms with Crippen LogP contribution in [0.3, 0.4) is 0 Å². The van der Waals surface area contributed by atoms with E-state index in [1.54, 1.807) is 10.6 Å². The monoisotopic (exact) mass is 334 g/mol. The van der Waals surface area contributed by atoms with Gasteiger partial charge in [0.05, 0.1) is 6.54 Å². The van der Waals surface area contributed by atoms with E-state index in [-0.39, 0.29) is 17.3 Å². The van der Waals surface area contributed by atoms with Crippen molar-refractivity contribution in [3.8, 4) is 0 Å². The summed E-state index contributed by atoms with van der Waals surface area (Å²) in [6.07, 6.45) is 2.05. The smallest absolute Gasteiger partial charge is 0.295 e. The van der Waals surface area contributed by atoms with E-state index in [0.29, 0.717) is 6.54 Å². The maximum absolute atomic E-state index is 12.5. The molecule has 1 aromatic heterocycles. The van der Waals surface area contributed by atoms with Crippen LogP contribution in [-0.2, 0) is 6.54 Å². The molecule has 1 aliphatic rings. The highest BCUT2D eigenvalue weighted by atomic mass is 79.9. The molecule has 0 radical (unpaired) electrons. The first kappa shape index (κ1) is 13.4. The fourth-order valence-electron chi connectivity index (χ4n) is 2.40. The number of hydrogen-bond acceptors (Lipinski definition) is 2. The Bertz CT molecular complexity index is 755. The summed E-state index contributed by atoms with van der Waals surface area (Å²) in [7, 11) is 0. The fraction of sp³-hybridized carbons (Fsp3) is 0.333. The minimum Gasteiger partial charge on any atom is -0.295 e. The van der Waals surface area contributed by atoms with E-state index in [4.69, 9.17) is 0 Å². The lowest BCUT2D eigenvalue weighted by Crippen LogP contribution is -2.40. The summed E-state index contributed by atoms with van der Waals surface area (Å²) < 4.78 is 4.04. The summed E-state index contributed by atoms with van der Waals surface area (Å²) in [6.45, 7) is 2.14. The van der Waals surface area contributed by atoms with Crippen molar-refractivity contribution < 1.29 is 0 Å². The highest BCUT2D eigenvalue weighted by Gasteiger charge is 2.27. The van der Waals surface area contributed by atoms with Crippen LogP contribution in [0.15, 0.2) is 44.4 Å². The number of rotatable bonds is 3. The molecule has 0 spiro atoms. The number of aromatic nitrogens is 2. The van der Waals surface area contributed by atoms with Crippen LogP contribution >= 0.6 is 15.9 Å². The van der Waals surface area contributed by atoms with Crippen molar-refractivity contribution in [2.24, 2.45) is 0 Å². The van der Waals surface area contributed by atoms with Gasteiger partial charge in [-0.2, -0.15) is 0 Å². The summed E-state index contributed by atoms with van der Waals surface area (Å²) in [5.74, 6) is 0. The molecule has 3 rings (SSSR count). The third-order valence-electron chi connectivity index (χ3n) is 3.58. The van der Waals surface area contributed by atoms with Crippen LogP contribution in [0.1, 0.15) is 30.1 Å². The van der Waals surface area contributed by atoms with Crippen LogP contribution in [0.4, 0.5) is 0 Å². The lowest BCUT2D eigenvalue weighted by Gasteiger charge is -2.12. The average molecular weight is 335 g/mol. The standard InChI is InChI=1S/C15H15BrN2O2/c1-10-8-14(19)17(15(20)18(10)13-6-7-13)9-11-2-4-12(16)5-3-11/h2-5,8,13H,6-7,9H2,1H3. The van der Waals surface area contributed by atoms with Gasteiger partial charge in [-0.3, -0.25) is 13.9 Å². The Morgan fingerprint density at radius 1 is 1.20 bits per heavy atom. The molecule has 0 aliphatic heterocycles. The van der Waals surface area contributed by atoms with Crippen LogP contribution < -0.4 is 11.2 Å². The van der Waals surface area contributed by atoms with Crippen LogP contribution in [0, 0.1) is 6.92 Å². The van der Waals surface area contributed by atoms with Gasteiger partial charge in [0.1, 0.15) is 0 Å². The van der Waals surface area contributed by atoms with Gasteiger partial charge in [-0.15, -0.1) is 0 Å². The molecule has 0 amide bonds. The summed E-state index contributed by atoms with van der Waals surface area (Å²) in [5, 5.41) is 0. The van der Waals surface area contributed by atoms with E-state index in [1.807, 2.05) is 31.2 Å². The van der Waals surface area contributed by atoms with E-state index in [2.05, 4.69) is 15.9 Å². The van der Waals surface area contributed by atoms with Crippen molar-refractivity contribution >= 4 is 15.9 Å². The minimum atomic E-state index is -0.229. The molecule has 104 valence electrons. The molecule has 1 heterocycles. The second-order valence-electron chi connectivity index (χ2n) is 5.22. The Hall–Kier alpha value is -1.62. The average Bonchev–Trinajstić information content (AvgIpc) is 3.21. The van der Waals surface area contributed by atoms with Gasteiger partial charge in [0, 0.05) is 22.3 Å². The molecule has 2 aromatic rings. The van der Waals surface area contributed by atoms with Crippen LogP contribution in [0.25, 0.3) is 0 Å². The van der Waals surface area contributed by atoms with Gasteiger partial charge in [0.15, 0.2) is 0 Å². The molecule has 4 nitrogen and oxygen atoms in total. The molecule has 0 unspecified atom stereocenters. The van der Waals surface area contributed by atoms with Crippen LogP contribution in [0.2, 0.25) is 0 Å². The Morgan fingerprint density at radius 2 is 1.85 bits per heavy atom. The van der Waals surface area contributed by atoms with Crippen molar-refractivity contribution in [2.45, 2.75) is 32.4 Å². The first-order chi connectivity index (χ1) is 9.56. The zero-order valence-electron chi connectivity index (χ0n) is 11.2. The third kappa shape index (κ3) is 2.50. The second kappa shape index (κ2) is 5.05. The van der Waals surface area contributed by atoms with E-state index in [9.17, 15) is 9.59 Å². The van der Waals surface area contributed by atoms with Gasteiger partial charge in [-0.1, -0.05) is 28.1 Å². The molecule has 1 fully saturated rings. The molecule has 1 aliphatic carbocycles. The zero-order chi connectivity index (χ0) is 14.3. The molecule has 5 heteroatoms. The van der Waals surface area contributed by atoms with Crippen LogP contribution in [-0.4, -0.2) is 9.13 Å². The van der Waals surface area contributed by atoms with Gasteiger partial charge in [0.25, 0.3) is 5.56 Å². The number of benzene rings is 1. The highest BCUT2D eigenvalue weighted by Crippen LogP contribution is 2.33. The first-order valence-electron chi connectivity index (χ1n) is 6.63. The fourth-order valence-corrected chi connectivity index (χ4v) is 2.66. The quantitative estimate of drug-likeness (QED) is 0.865. The number of nitrogens with zero attached hydrogens (tertiary/aromatic N) is 2. The van der Waals surface area contributed by atoms with Gasteiger partial charge in [0.2, 0.25) is 0 Å². The lowest BCUT2D eigenvalue weighted by atomic mass is 10.2. The van der Waals surface area contributed by atoms with Crippen molar-refractivity contribution in [1.29, 1.82) is 0 Å². The van der Waals surface area contributed by atoms with Crippen LogP contribution in [0.5, 0.6) is 0 Å². The van der Waals surface area contributed by atoms with E-state index in [0.717, 1.165) is 28.6 Å². The Morgan fingerprint density at radius 3 is 2.45 bits per heavy atom. The Kier molecular flexibility index (Phi) is 3.38. The predicted octanol–water partition coefficient (Wildman–Crippen LogP) is 2.46. The molecule has 0 atom stereocenters.